The van der Waals surface area contributed by atoms with Crippen molar-refractivity contribution < 1.29 is 5.11 Å². The smallest absolute Gasteiger partial charge is 0.0995 e. The van der Waals surface area contributed by atoms with Gasteiger partial charge in [-0.1, -0.05) is 11.6 Å². The highest BCUT2D eigenvalue weighted by Crippen LogP contribution is 2.44. The van der Waals surface area contributed by atoms with E-state index in [1.165, 1.54) is 0 Å². The maximum Gasteiger partial charge on any atom is 0.0995 e. The van der Waals surface area contributed by atoms with Gasteiger partial charge >= 0.3 is 0 Å². The van der Waals surface area contributed by atoms with E-state index in [4.69, 9.17) is 11.6 Å². The molecule has 1 unspecified atom stereocenters. The SMILES string of the molecule is OC(c1c(Cl)c(Br)cc2cncn12)C1CC1. The molecule has 1 N–H and O–H groups in total. The molecule has 0 amide bonds. The van der Waals surface area contributed by atoms with E-state index in [1.807, 2.05) is 10.5 Å². The van der Waals surface area contributed by atoms with Crippen LogP contribution in [-0.4, -0.2) is 14.5 Å². The first-order valence-corrected chi connectivity index (χ1v) is 6.33. The Hall–Kier alpha value is -0.580. The zero-order chi connectivity index (χ0) is 11.3. The molecule has 3 rings (SSSR count). The number of hydrogen-bond acceptors (Lipinski definition) is 2. The first-order chi connectivity index (χ1) is 7.68. The Balaban J connectivity index is 2.25. The van der Waals surface area contributed by atoms with Gasteiger partial charge in [-0.15, -0.1) is 0 Å². The van der Waals surface area contributed by atoms with Gasteiger partial charge in [0, 0.05) is 4.47 Å². The van der Waals surface area contributed by atoms with Gasteiger partial charge in [-0.05, 0) is 40.8 Å². The minimum absolute atomic E-state index is 0.345. The molecular weight excluding hydrogens is 291 g/mol. The molecule has 0 aliphatic heterocycles. The van der Waals surface area contributed by atoms with E-state index >= 15 is 0 Å². The van der Waals surface area contributed by atoms with Gasteiger partial charge < -0.3 is 5.11 Å². The fourth-order valence-corrected chi connectivity index (χ4v) is 2.64. The van der Waals surface area contributed by atoms with Crippen molar-refractivity contribution in [2.75, 3.05) is 0 Å². The molecule has 1 saturated carbocycles. The van der Waals surface area contributed by atoms with E-state index in [-0.39, 0.29) is 0 Å². The second kappa shape index (κ2) is 3.72. The molecule has 2 aromatic heterocycles. The van der Waals surface area contributed by atoms with Crippen molar-refractivity contribution in [1.82, 2.24) is 9.38 Å². The van der Waals surface area contributed by atoms with Gasteiger partial charge in [0.1, 0.15) is 0 Å². The number of imidazole rings is 1. The molecule has 2 aromatic rings. The van der Waals surface area contributed by atoms with Crippen molar-refractivity contribution in [3.8, 4) is 0 Å². The van der Waals surface area contributed by atoms with Gasteiger partial charge in [-0.25, -0.2) is 4.98 Å². The lowest BCUT2D eigenvalue weighted by molar-refractivity contribution is 0.148. The molecule has 1 atom stereocenters. The lowest BCUT2D eigenvalue weighted by Gasteiger charge is -2.15. The number of halogens is 2. The number of nitrogens with zero attached hydrogens (tertiary/aromatic N) is 2. The Morgan fingerprint density at radius 2 is 2.31 bits per heavy atom. The third-order valence-electron chi connectivity index (χ3n) is 2.98. The molecule has 5 heteroatoms. The van der Waals surface area contributed by atoms with Gasteiger partial charge in [0.15, 0.2) is 0 Å². The quantitative estimate of drug-likeness (QED) is 0.925. The van der Waals surface area contributed by atoms with Gasteiger partial charge in [-0.2, -0.15) is 0 Å². The molecule has 2 heterocycles. The van der Waals surface area contributed by atoms with E-state index in [9.17, 15) is 5.11 Å². The molecule has 16 heavy (non-hydrogen) atoms. The number of fused-ring (bicyclic) bond motifs is 1. The highest BCUT2D eigenvalue weighted by atomic mass is 79.9. The summed E-state index contributed by atoms with van der Waals surface area (Å²) in [7, 11) is 0. The van der Waals surface area contributed by atoms with E-state index in [2.05, 4.69) is 20.9 Å². The molecule has 0 radical (unpaired) electrons. The zero-order valence-corrected chi connectivity index (χ0v) is 10.7. The van der Waals surface area contributed by atoms with Crippen molar-refractivity contribution >= 4 is 33.0 Å². The summed E-state index contributed by atoms with van der Waals surface area (Å²) in [4.78, 5) is 4.08. The van der Waals surface area contributed by atoms with Crippen LogP contribution < -0.4 is 0 Å². The van der Waals surface area contributed by atoms with Crippen LogP contribution in [0, 0.1) is 5.92 Å². The van der Waals surface area contributed by atoms with Crippen LogP contribution in [0.3, 0.4) is 0 Å². The van der Waals surface area contributed by atoms with Crippen molar-refractivity contribution in [3.05, 3.63) is 33.8 Å². The number of hydrogen-bond donors (Lipinski definition) is 1. The summed E-state index contributed by atoms with van der Waals surface area (Å²) in [5.41, 5.74) is 1.68. The Bertz CT molecular complexity index is 550. The van der Waals surface area contributed by atoms with Crippen LogP contribution in [0.2, 0.25) is 5.02 Å². The Morgan fingerprint density at radius 3 is 3.00 bits per heavy atom. The first-order valence-electron chi connectivity index (χ1n) is 5.16. The van der Waals surface area contributed by atoms with Crippen LogP contribution in [0.4, 0.5) is 0 Å². The third-order valence-corrected chi connectivity index (χ3v) is 4.24. The Morgan fingerprint density at radius 1 is 1.56 bits per heavy atom. The van der Waals surface area contributed by atoms with E-state index in [1.54, 1.807) is 12.5 Å². The molecular formula is C11H10BrClN2O. The van der Waals surface area contributed by atoms with E-state index in [0.29, 0.717) is 10.9 Å². The number of aromatic nitrogens is 2. The third kappa shape index (κ3) is 1.56. The molecule has 0 saturated heterocycles. The first kappa shape index (κ1) is 10.6. The van der Waals surface area contributed by atoms with E-state index < -0.39 is 6.10 Å². The molecule has 84 valence electrons. The molecule has 0 aromatic carbocycles. The average molecular weight is 302 g/mol. The summed E-state index contributed by atoms with van der Waals surface area (Å²) in [5, 5.41) is 10.8. The lowest BCUT2D eigenvalue weighted by Crippen LogP contribution is -2.07. The number of aliphatic hydroxyl groups is 1. The summed E-state index contributed by atoms with van der Waals surface area (Å²) in [6.07, 6.45) is 5.08. The van der Waals surface area contributed by atoms with Crippen molar-refractivity contribution in [2.45, 2.75) is 18.9 Å². The topological polar surface area (TPSA) is 37.5 Å². The predicted octanol–water partition coefficient (Wildman–Crippen LogP) is 3.19. The maximum atomic E-state index is 10.2. The minimum Gasteiger partial charge on any atom is -0.387 e. The van der Waals surface area contributed by atoms with Crippen LogP contribution in [0.15, 0.2) is 23.1 Å². The molecule has 0 spiro atoms. The Labute approximate surface area is 106 Å². The van der Waals surface area contributed by atoms with Crippen molar-refractivity contribution in [3.63, 3.8) is 0 Å². The molecule has 0 bridgehead atoms. The maximum absolute atomic E-state index is 10.2. The van der Waals surface area contributed by atoms with Gasteiger partial charge in [-0.3, -0.25) is 4.40 Å². The summed E-state index contributed by atoms with van der Waals surface area (Å²) < 4.78 is 2.66. The summed E-state index contributed by atoms with van der Waals surface area (Å²) in [6.45, 7) is 0. The summed E-state index contributed by atoms with van der Waals surface area (Å²) in [5.74, 6) is 0.345. The summed E-state index contributed by atoms with van der Waals surface area (Å²) >= 11 is 9.65. The van der Waals surface area contributed by atoms with Crippen LogP contribution in [0.1, 0.15) is 24.6 Å². The molecule has 1 aliphatic rings. The average Bonchev–Trinajstić information content (AvgIpc) is 3.01. The van der Waals surface area contributed by atoms with Crippen LogP contribution in [0.25, 0.3) is 5.52 Å². The highest BCUT2D eigenvalue weighted by Gasteiger charge is 2.34. The molecule has 1 fully saturated rings. The standard InChI is InChI=1S/C11H10BrClN2O/c12-8-3-7-4-14-5-15(7)10(9(8)13)11(16)6-1-2-6/h3-6,11,16H,1-2H2. The number of pyridine rings is 1. The van der Waals surface area contributed by atoms with Crippen molar-refractivity contribution in [2.24, 2.45) is 5.92 Å². The van der Waals surface area contributed by atoms with E-state index in [0.717, 1.165) is 28.5 Å². The zero-order valence-electron chi connectivity index (χ0n) is 8.40. The Kier molecular flexibility index (Phi) is 2.46. The largest absolute Gasteiger partial charge is 0.387 e. The monoisotopic (exact) mass is 300 g/mol. The lowest BCUT2D eigenvalue weighted by atomic mass is 10.1. The highest BCUT2D eigenvalue weighted by molar-refractivity contribution is 9.10. The van der Waals surface area contributed by atoms with Gasteiger partial charge in [0.25, 0.3) is 0 Å². The predicted molar refractivity (Wildman–Crippen MR) is 65.6 cm³/mol. The number of aliphatic hydroxyl groups excluding tert-OH is 1. The van der Waals surface area contributed by atoms with Gasteiger partial charge in [0.05, 0.1) is 34.9 Å². The fourth-order valence-electron chi connectivity index (χ4n) is 1.94. The minimum atomic E-state index is -0.498. The second-order valence-electron chi connectivity index (χ2n) is 4.16. The molecule has 3 nitrogen and oxygen atoms in total. The number of rotatable bonds is 2. The fraction of sp³-hybridized carbons (Fsp3) is 0.364. The second-order valence-corrected chi connectivity index (χ2v) is 5.39. The van der Waals surface area contributed by atoms with Crippen LogP contribution in [-0.2, 0) is 0 Å². The van der Waals surface area contributed by atoms with Crippen molar-refractivity contribution in [1.29, 1.82) is 0 Å². The summed E-state index contributed by atoms with van der Waals surface area (Å²) in [6, 6.07) is 1.90. The molecule has 1 aliphatic carbocycles. The van der Waals surface area contributed by atoms with Crippen LogP contribution in [0.5, 0.6) is 0 Å². The van der Waals surface area contributed by atoms with Gasteiger partial charge in [0.2, 0.25) is 0 Å². The van der Waals surface area contributed by atoms with Crippen LogP contribution >= 0.6 is 27.5 Å². The normalized spacial score (nSPS) is 17.9.